The van der Waals surface area contributed by atoms with Crippen LogP contribution in [0.25, 0.3) is 0 Å². The third-order valence-corrected chi connectivity index (χ3v) is 5.57. The molecule has 0 bridgehead atoms. The molecule has 0 spiro atoms. The Kier molecular flexibility index (Phi) is 5.36. The van der Waals surface area contributed by atoms with E-state index in [4.69, 9.17) is 5.73 Å². The smallest absolute Gasteiger partial charge is 0.243 e. The van der Waals surface area contributed by atoms with Crippen LogP contribution in [0.2, 0.25) is 0 Å². The van der Waals surface area contributed by atoms with Crippen molar-refractivity contribution in [1.29, 1.82) is 0 Å². The van der Waals surface area contributed by atoms with E-state index in [1.165, 1.54) is 4.31 Å². The van der Waals surface area contributed by atoms with Gasteiger partial charge in [0.05, 0.1) is 4.90 Å². The van der Waals surface area contributed by atoms with Crippen molar-refractivity contribution in [1.82, 2.24) is 4.31 Å². The lowest BCUT2D eigenvalue weighted by Gasteiger charge is -2.41. The van der Waals surface area contributed by atoms with Crippen molar-refractivity contribution in [3.63, 3.8) is 0 Å². The average Bonchev–Trinajstić information content (AvgIpc) is 2.31. The van der Waals surface area contributed by atoms with Gasteiger partial charge in [0, 0.05) is 25.2 Å². The first-order valence-corrected chi connectivity index (χ1v) is 7.79. The van der Waals surface area contributed by atoms with Crippen LogP contribution in [0.1, 0.15) is 20.3 Å². The predicted octanol–water partition coefficient (Wildman–Crippen LogP) is 2.13. The molecule has 1 heterocycles. The van der Waals surface area contributed by atoms with E-state index in [1.54, 1.807) is 0 Å². The van der Waals surface area contributed by atoms with Crippen molar-refractivity contribution < 1.29 is 17.2 Å². The van der Waals surface area contributed by atoms with E-state index in [0.29, 0.717) is 12.5 Å². The molecule has 1 aliphatic heterocycles. The summed E-state index contributed by atoms with van der Waals surface area (Å²) in [5.41, 5.74) is 5.59. The van der Waals surface area contributed by atoms with Gasteiger partial charge in [-0.1, -0.05) is 13.8 Å². The Morgan fingerprint density at radius 2 is 1.76 bits per heavy atom. The molecule has 0 aromatic heterocycles. The van der Waals surface area contributed by atoms with Gasteiger partial charge in [0.1, 0.15) is 11.6 Å². The molecule has 1 unspecified atom stereocenters. The number of nitrogens with zero attached hydrogens (tertiary/aromatic N) is 1. The largest absolute Gasteiger partial charge is 0.327 e. The topological polar surface area (TPSA) is 63.4 Å². The predicted molar refractivity (Wildman–Crippen MR) is 78.7 cm³/mol. The number of piperidine rings is 1. The number of hydrogen-bond acceptors (Lipinski definition) is 3. The van der Waals surface area contributed by atoms with Crippen LogP contribution in [0.3, 0.4) is 0 Å². The number of hydrogen-bond donors (Lipinski definition) is 1. The molecule has 1 fully saturated rings. The first kappa shape index (κ1) is 18.3. The summed E-state index contributed by atoms with van der Waals surface area (Å²) in [4.78, 5) is -0.360. The molecule has 2 N–H and O–H groups in total. The Bertz CT molecular complexity index is 602. The molecule has 1 aromatic carbocycles. The van der Waals surface area contributed by atoms with E-state index in [1.807, 2.05) is 13.8 Å². The summed E-state index contributed by atoms with van der Waals surface area (Å²) in [7, 11) is -3.90. The molecule has 8 heteroatoms. The SMILES string of the molecule is CC1(C)CN(S(=O)(=O)c2cc(F)cc(F)c2)CCC1N.Cl. The van der Waals surface area contributed by atoms with Crippen molar-refractivity contribution in [3.8, 4) is 0 Å². The third-order valence-electron chi connectivity index (χ3n) is 3.75. The van der Waals surface area contributed by atoms with E-state index in [0.717, 1.165) is 12.1 Å². The number of nitrogens with two attached hydrogens (primary N) is 1. The van der Waals surface area contributed by atoms with E-state index in [9.17, 15) is 17.2 Å². The molecular weight excluding hydrogens is 322 g/mol. The fourth-order valence-corrected chi connectivity index (χ4v) is 4.03. The molecule has 1 atom stereocenters. The van der Waals surface area contributed by atoms with E-state index < -0.39 is 21.7 Å². The molecule has 0 amide bonds. The molecular formula is C13H19ClF2N2O2S. The molecule has 0 radical (unpaired) electrons. The standard InChI is InChI=1S/C13H18F2N2O2S.ClH/c1-13(2)8-17(4-3-12(13)16)20(18,19)11-6-9(14)5-10(15)7-11;/h5-7,12H,3-4,8,16H2,1-2H3;1H. The summed E-state index contributed by atoms with van der Waals surface area (Å²) in [5, 5.41) is 0. The number of sulfonamides is 1. The third kappa shape index (κ3) is 3.71. The van der Waals surface area contributed by atoms with E-state index in [-0.39, 0.29) is 41.8 Å². The molecule has 0 saturated carbocycles. The normalized spacial score (nSPS) is 22.6. The summed E-state index contributed by atoms with van der Waals surface area (Å²) in [6.45, 7) is 4.25. The van der Waals surface area contributed by atoms with Gasteiger partial charge in [-0.25, -0.2) is 17.2 Å². The van der Waals surface area contributed by atoms with Crippen LogP contribution in [-0.4, -0.2) is 31.9 Å². The zero-order valence-corrected chi connectivity index (χ0v) is 13.5. The van der Waals surface area contributed by atoms with Gasteiger partial charge in [-0.15, -0.1) is 12.4 Å². The maximum Gasteiger partial charge on any atom is 0.243 e. The first-order valence-electron chi connectivity index (χ1n) is 6.35. The van der Waals surface area contributed by atoms with Gasteiger partial charge >= 0.3 is 0 Å². The maximum atomic E-state index is 13.2. The zero-order valence-electron chi connectivity index (χ0n) is 11.8. The Morgan fingerprint density at radius 3 is 2.24 bits per heavy atom. The molecule has 1 aromatic rings. The fraction of sp³-hybridized carbons (Fsp3) is 0.538. The van der Waals surface area contributed by atoms with Crippen LogP contribution < -0.4 is 5.73 Å². The van der Waals surface area contributed by atoms with Crippen LogP contribution in [0.5, 0.6) is 0 Å². The highest BCUT2D eigenvalue weighted by atomic mass is 35.5. The summed E-state index contributed by atoms with van der Waals surface area (Å²) in [5.74, 6) is -1.81. The van der Waals surface area contributed by atoms with Gasteiger partial charge in [-0.2, -0.15) is 4.31 Å². The minimum atomic E-state index is -3.90. The molecule has 21 heavy (non-hydrogen) atoms. The Balaban J connectivity index is 0.00000220. The van der Waals surface area contributed by atoms with Crippen LogP contribution >= 0.6 is 12.4 Å². The van der Waals surface area contributed by atoms with Gasteiger partial charge in [-0.3, -0.25) is 0 Å². The molecule has 2 rings (SSSR count). The lowest BCUT2D eigenvalue weighted by atomic mass is 9.81. The van der Waals surface area contributed by atoms with Crippen molar-refractivity contribution in [2.24, 2.45) is 11.1 Å². The fourth-order valence-electron chi connectivity index (χ4n) is 2.36. The monoisotopic (exact) mass is 340 g/mol. The number of halogens is 3. The highest BCUT2D eigenvalue weighted by Gasteiger charge is 2.39. The van der Waals surface area contributed by atoms with Crippen molar-refractivity contribution in [2.75, 3.05) is 13.1 Å². The van der Waals surface area contributed by atoms with Gasteiger partial charge in [0.25, 0.3) is 0 Å². The van der Waals surface area contributed by atoms with Crippen LogP contribution in [0.15, 0.2) is 23.1 Å². The molecule has 1 saturated heterocycles. The molecule has 1 aliphatic rings. The van der Waals surface area contributed by atoms with Crippen molar-refractivity contribution in [2.45, 2.75) is 31.2 Å². The highest BCUT2D eigenvalue weighted by Crippen LogP contribution is 2.31. The van der Waals surface area contributed by atoms with Gasteiger partial charge < -0.3 is 5.73 Å². The average molecular weight is 341 g/mol. The van der Waals surface area contributed by atoms with Gasteiger partial charge in [0.2, 0.25) is 10.0 Å². The molecule has 4 nitrogen and oxygen atoms in total. The van der Waals surface area contributed by atoms with Crippen LogP contribution in [-0.2, 0) is 10.0 Å². The molecule has 0 aliphatic carbocycles. The summed E-state index contributed by atoms with van der Waals surface area (Å²) in [6.07, 6.45) is 0.518. The quantitative estimate of drug-likeness (QED) is 0.897. The lowest BCUT2D eigenvalue weighted by Crippen LogP contribution is -2.53. The Labute approximate surface area is 129 Å². The Morgan fingerprint density at radius 1 is 1.24 bits per heavy atom. The maximum absolute atomic E-state index is 13.2. The zero-order chi connectivity index (χ0) is 15.1. The minimum absolute atomic E-state index is 0. The van der Waals surface area contributed by atoms with E-state index in [2.05, 4.69) is 0 Å². The second-order valence-corrected chi connectivity index (χ2v) is 7.77. The summed E-state index contributed by atoms with van der Waals surface area (Å²) >= 11 is 0. The number of rotatable bonds is 2. The first-order chi connectivity index (χ1) is 9.13. The second-order valence-electron chi connectivity index (χ2n) is 5.83. The second kappa shape index (κ2) is 6.16. The highest BCUT2D eigenvalue weighted by molar-refractivity contribution is 7.89. The van der Waals surface area contributed by atoms with Crippen molar-refractivity contribution in [3.05, 3.63) is 29.8 Å². The van der Waals surface area contributed by atoms with E-state index >= 15 is 0 Å². The molecule has 120 valence electrons. The van der Waals surface area contributed by atoms with Gasteiger partial charge in [-0.05, 0) is 24.0 Å². The van der Waals surface area contributed by atoms with Crippen molar-refractivity contribution >= 4 is 22.4 Å². The minimum Gasteiger partial charge on any atom is -0.327 e. The van der Waals surface area contributed by atoms with Crippen LogP contribution in [0, 0.1) is 17.0 Å². The van der Waals surface area contributed by atoms with Crippen LogP contribution in [0.4, 0.5) is 8.78 Å². The van der Waals surface area contributed by atoms with Gasteiger partial charge in [0.15, 0.2) is 0 Å². The summed E-state index contributed by atoms with van der Waals surface area (Å²) in [6, 6.07) is 2.22. The summed E-state index contributed by atoms with van der Waals surface area (Å²) < 4.78 is 52.5. The Hall–Kier alpha value is -0.760. The number of benzene rings is 1. The lowest BCUT2D eigenvalue weighted by molar-refractivity contribution is 0.155.